The zero-order chi connectivity index (χ0) is 19.6. The maximum Gasteiger partial charge on any atom is 0.258 e. The number of nitrogens with zero attached hydrogens (tertiary/aromatic N) is 2. The number of hydrogen-bond acceptors (Lipinski definition) is 3. The number of anilines is 2. The van der Waals surface area contributed by atoms with Crippen molar-refractivity contribution in [3.05, 3.63) is 59.2 Å². The maximum atomic E-state index is 13.0. The third kappa shape index (κ3) is 4.00. The minimum absolute atomic E-state index is 0.108. The Kier molecular flexibility index (Phi) is 5.26. The van der Waals surface area contributed by atoms with Crippen molar-refractivity contribution in [1.29, 1.82) is 0 Å². The van der Waals surface area contributed by atoms with E-state index >= 15 is 0 Å². The number of hydrazine groups is 1. The van der Waals surface area contributed by atoms with Gasteiger partial charge in [0.2, 0.25) is 11.8 Å². The van der Waals surface area contributed by atoms with E-state index in [0.717, 1.165) is 16.8 Å². The Morgan fingerprint density at radius 3 is 2.26 bits per heavy atom. The quantitative estimate of drug-likeness (QED) is 0.905. The van der Waals surface area contributed by atoms with E-state index in [-0.39, 0.29) is 30.6 Å². The molecular weight excluding hydrogens is 342 g/mol. The fourth-order valence-electron chi connectivity index (χ4n) is 3.24. The number of hydrogen-bond donors (Lipinski definition) is 1. The van der Waals surface area contributed by atoms with Crippen LogP contribution in [0, 0.1) is 13.8 Å². The van der Waals surface area contributed by atoms with E-state index < -0.39 is 0 Å². The molecule has 140 valence electrons. The molecule has 1 aliphatic heterocycles. The number of rotatable bonds is 4. The largest absolute Gasteiger partial charge is 0.309 e. The first-order chi connectivity index (χ1) is 12.9. The second kappa shape index (κ2) is 7.61. The number of carbonyl (C=O) groups excluding carboxylic acids is 3. The minimum atomic E-state index is -0.193. The molecule has 1 heterocycles. The Hall–Kier alpha value is -3.15. The van der Waals surface area contributed by atoms with Gasteiger partial charge < -0.3 is 4.90 Å². The Morgan fingerprint density at radius 1 is 1.04 bits per heavy atom. The van der Waals surface area contributed by atoms with Gasteiger partial charge in [0.15, 0.2) is 0 Å². The molecule has 3 rings (SSSR count). The van der Waals surface area contributed by atoms with Crippen molar-refractivity contribution >= 4 is 29.1 Å². The maximum absolute atomic E-state index is 13.0. The van der Waals surface area contributed by atoms with Crippen LogP contribution >= 0.6 is 0 Å². The Morgan fingerprint density at radius 2 is 1.67 bits per heavy atom. The lowest BCUT2D eigenvalue weighted by atomic mass is 10.1. The summed E-state index contributed by atoms with van der Waals surface area (Å²) in [6.07, 6.45) is 0.385. The van der Waals surface area contributed by atoms with Crippen LogP contribution in [0.3, 0.4) is 0 Å². The zero-order valence-electron chi connectivity index (χ0n) is 15.8. The minimum Gasteiger partial charge on any atom is -0.309 e. The highest BCUT2D eigenvalue weighted by molar-refractivity contribution is 6.07. The van der Waals surface area contributed by atoms with Gasteiger partial charge in [0.25, 0.3) is 5.91 Å². The number of nitrogens with one attached hydrogen (secondary N) is 1. The first-order valence-corrected chi connectivity index (χ1v) is 9.01. The fraction of sp³-hybridized carbons (Fsp3) is 0.286. The molecule has 0 aliphatic carbocycles. The molecule has 6 heteroatoms. The van der Waals surface area contributed by atoms with Crippen LogP contribution in [-0.4, -0.2) is 24.3 Å². The van der Waals surface area contributed by atoms with Crippen LogP contribution in [0.25, 0.3) is 0 Å². The molecule has 1 saturated heterocycles. The van der Waals surface area contributed by atoms with Gasteiger partial charge >= 0.3 is 0 Å². The molecule has 0 aromatic heterocycles. The predicted octanol–water partition coefficient (Wildman–Crippen LogP) is 3.13. The van der Waals surface area contributed by atoms with Gasteiger partial charge in [0.1, 0.15) is 0 Å². The predicted molar refractivity (Wildman–Crippen MR) is 105 cm³/mol. The molecule has 2 aromatic rings. The molecule has 27 heavy (non-hydrogen) atoms. The van der Waals surface area contributed by atoms with Crippen molar-refractivity contribution in [3.8, 4) is 0 Å². The smallest absolute Gasteiger partial charge is 0.258 e. The van der Waals surface area contributed by atoms with Crippen LogP contribution in [0.15, 0.2) is 42.5 Å². The first kappa shape index (κ1) is 18.6. The highest BCUT2D eigenvalue weighted by atomic mass is 16.2. The fourth-order valence-corrected chi connectivity index (χ4v) is 3.24. The van der Waals surface area contributed by atoms with E-state index in [2.05, 4.69) is 11.5 Å². The normalized spacial score (nSPS) is 14.1. The van der Waals surface area contributed by atoms with E-state index in [0.29, 0.717) is 17.8 Å². The van der Waals surface area contributed by atoms with Gasteiger partial charge in [0.05, 0.1) is 5.69 Å². The van der Waals surface area contributed by atoms with Gasteiger partial charge in [-0.3, -0.25) is 19.8 Å². The lowest BCUT2D eigenvalue weighted by molar-refractivity contribution is -0.130. The van der Waals surface area contributed by atoms with Crippen LogP contribution < -0.4 is 15.3 Å². The molecule has 3 amide bonds. The van der Waals surface area contributed by atoms with Crippen LogP contribution in [0.4, 0.5) is 11.4 Å². The number of benzene rings is 2. The van der Waals surface area contributed by atoms with E-state index in [1.165, 1.54) is 5.01 Å². The lowest BCUT2D eigenvalue weighted by Gasteiger charge is -2.27. The third-order valence-corrected chi connectivity index (χ3v) is 4.50. The van der Waals surface area contributed by atoms with Crippen molar-refractivity contribution in [2.24, 2.45) is 0 Å². The molecule has 0 bridgehead atoms. The van der Waals surface area contributed by atoms with Gasteiger partial charge in [-0.05, 0) is 68.3 Å². The Bertz CT molecular complexity index is 870. The van der Waals surface area contributed by atoms with Crippen LogP contribution in [0.5, 0.6) is 0 Å². The first-order valence-electron chi connectivity index (χ1n) is 9.01. The summed E-state index contributed by atoms with van der Waals surface area (Å²) in [7, 11) is 0. The molecule has 2 aromatic carbocycles. The summed E-state index contributed by atoms with van der Waals surface area (Å²) in [5, 5.41) is 1.24. The number of carbonyl (C=O) groups is 3. The topological polar surface area (TPSA) is 69.7 Å². The summed E-state index contributed by atoms with van der Waals surface area (Å²) in [4.78, 5) is 38.2. The van der Waals surface area contributed by atoms with E-state index in [4.69, 9.17) is 0 Å². The van der Waals surface area contributed by atoms with Crippen molar-refractivity contribution in [1.82, 2.24) is 5.43 Å². The summed E-state index contributed by atoms with van der Waals surface area (Å²) in [6.45, 7) is 6.50. The average Bonchev–Trinajstić information content (AvgIpc) is 2.63. The molecule has 0 spiro atoms. The molecule has 1 N–H and O–H groups in total. The lowest BCUT2D eigenvalue weighted by Crippen LogP contribution is -2.50. The van der Waals surface area contributed by atoms with Crippen molar-refractivity contribution in [3.63, 3.8) is 0 Å². The highest BCUT2D eigenvalue weighted by Crippen LogP contribution is 2.23. The van der Waals surface area contributed by atoms with E-state index in [1.54, 1.807) is 29.2 Å². The number of amides is 3. The van der Waals surface area contributed by atoms with Gasteiger partial charge in [-0.2, -0.15) is 0 Å². The molecule has 0 unspecified atom stereocenters. The SMILES string of the molecule is CCN(C(=O)c1ccc(N2NC(=O)CCC2=O)cc1)c1cc(C)cc(C)c1. The summed E-state index contributed by atoms with van der Waals surface area (Å²) >= 11 is 0. The molecule has 6 nitrogen and oxygen atoms in total. The second-order valence-electron chi connectivity index (χ2n) is 6.71. The molecule has 0 radical (unpaired) electrons. The summed E-state index contributed by atoms with van der Waals surface area (Å²) < 4.78 is 0. The van der Waals surface area contributed by atoms with Gasteiger partial charge in [-0.25, -0.2) is 5.01 Å². The molecule has 0 saturated carbocycles. The second-order valence-corrected chi connectivity index (χ2v) is 6.71. The Balaban J connectivity index is 1.84. The summed E-state index contributed by atoms with van der Waals surface area (Å²) in [6, 6.07) is 12.8. The monoisotopic (exact) mass is 365 g/mol. The van der Waals surface area contributed by atoms with Crippen molar-refractivity contribution in [2.75, 3.05) is 16.5 Å². The van der Waals surface area contributed by atoms with Crippen molar-refractivity contribution < 1.29 is 14.4 Å². The van der Waals surface area contributed by atoms with E-state index in [1.807, 2.05) is 32.9 Å². The highest BCUT2D eigenvalue weighted by Gasteiger charge is 2.25. The van der Waals surface area contributed by atoms with Gasteiger partial charge in [0, 0.05) is 30.6 Å². The molecule has 1 aliphatic rings. The van der Waals surface area contributed by atoms with Crippen molar-refractivity contribution in [2.45, 2.75) is 33.6 Å². The van der Waals surface area contributed by atoms with E-state index in [9.17, 15) is 14.4 Å². The standard InChI is InChI=1S/C21H23N3O3/c1-4-23(18-12-14(2)11-15(3)13-18)21(27)16-5-7-17(8-6-16)24-20(26)10-9-19(25)22-24/h5-8,11-13H,4,9-10H2,1-3H3,(H,22,25). The van der Waals surface area contributed by atoms with Crippen LogP contribution in [0.2, 0.25) is 0 Å². The van der Waals surface area contributed by atoms with Crippen LogP contribution in [-0.2, 0) is 9.59 Å². The van der Waals surface area contributed by atoms with Crippen LogP contribution in [0.1, 0.15) is 41.3 Å². The molecule has 0 atom stereocenters. The van der Waals surface area contributed by atoms with Gasteiger partial charge in [-0.15, -0.1) is 0 Å². The molecular formula is C21H23N3O3. The van der Waals surface area contributed by atoms with Gasteiger partial charge in [-0.1, -0.05) is 6.07 Å². The summed E-state index contributed by atoms with van der Waals surface area (Å²) in [5.41, 5.74) is 6.69. The summed E-state index contributed by atoms with van der Waals surface area (Å²) in [5.74, 6) is -0.469. The zero-order valence-corrected chi connectivity index (χ0v) is 15.8. The number of aryl methyl sites for hydroxylation is 2. The average molecular weight is 365 g/mol. The third-order valence-electron chi connectivity index (χ3n) is 4.50. The molecule has 1 fully saturated rings. The Labute approximate surface area is 158 Å².